The number of rotatable bonds is 8. The van der Waals surface area contributed by atoms with Crippen molar-refractivity contribution in [3.63, 3.8) is 0 Å². The Labute approximate surface area is 140 Å². The highest BCUT2D eigenvalue weighted by molar-refractivity contribution is 8.01. The molecule has 0 aromatic heterocycles. The lowest BCUT2D eigenvalue weighted by atomic mass is 10.2. The topological polar surface area (TPSA) is 87.3 Å². The molecule has 0 aliphatic carbocycles. The maximum absolute atomic E-state index is 11.8. The number of nitrogens with one attached hydrogen (secondary N) is 3. The summed E-state index contributed by atoms with van der Waals surface area (Å²) in [5.74, 6) is -0.481. The number of thioether (sulfide) groups is 1. The van der Waals surface area contributed by atoms with E-state index in [1.54, 1.807) is 6.92 Å². The van der Waals surface area contributed by atoms with E-state index in [2.05, 4.69) is 16.0 Å². The van der Waals surface area contributed by atoms with Gasteiger partial charge in [-0.05, 0) is 32.9 Å². The van der Waals surface area contributed by atoms with Gasteiger partial charge in [0.25, 0.3) is 0 Å². The number of anilines is 1. The lowest BCUT2D eigenvalue weighted by molar-refractivity contribution is -0.125. The Morgan fingerprint density at radius 1 is 1.09 bits per heavy atom. The summed E-state index contributed by atoms with van der Waals surface area (Å²) in [6, 6.07) is 7.50. The van der Waals surface area contributed by atoms with Gasteiger partial charge in [-0.15, -0.1) is 11.8 Å². The Morgan fingerprint density at radius 2 is 1.74 bits per heavy atom. The van der Waals surface area contributed by atoms with Crippen molar-refractivity contribution in [1.82, 2.24) is 10.6 Å². The number of hydrogen-bond acceptors (Lipinski definition) is 4. The zero-order chi connectivity index (χ0) is 17.2. The third-order valence-corrected chi connectivity index (χ3v) is 4.11. The van der Waals surface area contributed by atoms with Crippen molar-refractivity contribution in [2.24, 2.45) is 0 Å². The van der Waals surface area contributed by atoms with E-state index < -0.39 is 5.25 Å². The largest absolute Gasteiger partial charge is 0.355 e. The Balaban J connectivity index is 2.29. The molecule has 3 N–H and O–H groups in total. The van der Waals surface area contributed by atoms with Crippen molar-refractivity contribution in [2.45, 2.75) is 26.0 Å². The summed E-state index contributed by atoms with van der Waals surface area (Å²) in [6.07, 6.45) is 0. The monoisotopic (exact) mass is 337 g/mol. The van der Waals surface area contributed by atoms with Gasteiger partial charge in [0, 0.05) is 12.2 Å². The van der Waals surface area contributed by atoms with E-state index in [1.165, 1.54) is 11.8 Å². The zero-order valence-electron chi connectivity index (χ0n) is 13.6. The van der Waals surface area contributed by atoms with Crippen LogP contribution in [0.15, 0.2) is 24.3 Å². The minimum absolute atomic E-state index is 0.0485. The minimum atomic E-state index is -0.409. The van der Waals surface area contributed by atoms with Gasteiger partial charge >= 0.3 is 0 Å². The average Bonchev–Trinajstić information content (AvgIpc) is 2.52. The molecule has 1 aromatic carbocycles. The molecule has 0 aliphatic rings. The minimum Gasteiger partial charge on any atom is -0.355 e. The molecule has 6 nitrogen and oxygen atoms in total. The first-order valence-electron chi connectivity index (χ1n) is 7.45. The Kier molecular flexibility index (Phi) is 8.18. The Bertz CT molecular complexity index is 546. The highest BCUT2D eigenvalue weighted by atomic mass is 32.2. The van der Waals surface area contributed by atoms with Gasteiger partial charge in [-0.3, -0.25) is 14.4 Å². The number of likely N-dealkylation sites (N-methyl/N-ethyl adjacent to an activating group) is 1. The van der Waals surface area contributed by atoms with Crippen LogP contribution in [-0.4, -0.2) is 41.8 Å². The van der Waals surface area contributed by atoms with Crippen molar-refractivity contribution in [3.05, 3.63) is 29.8 Å². The summed E-state index contributed by atoms with van der Waals surface area (Å²) >= 11 is 1.22. The number of carbonyl (C=O) groups excluding carboxylic acids is 3. The molecule has 0 heterocycles. The van der Waals surface area contributed by atoms with Gasteiger partial charge in [0.05, 0.1) is 17.5 Å². The molecule has 1 aromatic rings. The normalized spacial score (nSPS) is 11.4. The molecule has 126 valence electrons. The van der Waals surface area contributed by atoms with Gasteiger partial charge in [-0.25, -0.2) is 0 Å². The van der Waals surface area contributed by atoms with Crippen LogP contribution in [0.4, 0.5) is 5.69 Å². The molecular weight excluding hydrogens is 314 g/mol. The van der Waals surface area contributed by atoms with Crippen LogP contribution in [-0.2, 0) is 14.4 Å². The van der Waals surface area contributed by atoms with Crippen molar-refractivity contribution < 1.29 is 14.4 Å². The van der Waals surface area contributed by atoms with E-state index in [0.717, 1.165) is 11.3 Å². The molecule has 3 amide bonds. The Morgan fingerprint density at radius 3 is 2.35 bits per heavy atom. The van der Waals surface area contributed by atoms with Gasteiger partial charge in [0.15, 0.2) is 0 Å². The average molecular weight is 337 g/mol. The predicted molar refractivity (Wildman–Crippen MR) is 93.4 cm³/mol. The second-order valence-electron chi connectivity index (χ2n) is 5.04. The van der Waals surface area contributed by atoms with E-state index >= 15 is 0 Å². The fourth-order valence-electron chi connectivity index (χ4n) is 1.68. The molecule has 0 fully saturated rings. The second kappa shape index (κ2) is 9.89. The molecule has 23 heavy (non-hydrogen) atoms. The summed E-state index contributed by atoms with van der Waals surface area (Å²) in [5.41, 5.74) is 1.85. The highest BCUT2D eigenvalue weighted by Gasteiger charge is 2.15. The van der Waals surface area contributed by atoms with Gasteiger partial charge < -0.3 is 16.0 Å². The quantitative estimate of drug-likeness (QED) is 0.667. The molecule has 0 saturated heterocycles. The highest BCUT2D eigenvalue weighted by Crippen LogP contribution is 2.13. The van der Waals surface area contributed by atoms with Crippen molar-refractivity contribution >= 4 is 35.2 Å². The van der Waals surface area contributed by atoms with E-state index in [9.17, 15) is 14.4 Å². The number of hydrogen-bond donors (Lipinski definition) is 3. The first-order valence-corrected chi connectivity index (χ1v) is 8.49. The molecule has 0 radical (unpaired) electrons. The molecule has 0 saturated carbocycles. The molecule has 1 rings (SSSR count). The molecule has 0 aliphatic heterocycles. The third kappa shape index (κ3) is 7.69. The van der Waals surface area contributed by atoms with Gasteiger partial charge in [0.2, 0.25) is 17.7 Å². The van der Waals surface area contributed by atoms with Gasteiger partial charge in [0.1, 0.15) is 0 Å². The summed E-state index contributed by atoms with van der Waals surface area (Å²) in [7, 11) is 0. The Hall–Kier alpha value is -2.02. The van der Waals surface area contributed by atoms with E-state index in [1.807, 2.05) is 38.1 Å². The first-order chi connectivity index (χ1) is 10.9. The van der Waals surface area contributed by atoms with Crippen LogP contribution in [0.5, 0.6) is 0 Å². The molecule has 0 unspecified atom stereocenters. The lowest BCUT2D eigenvalue weighted by Crippen LogP contribution is -2.40. The van der Waals surface area contributed by atoms with Gasteiger partial charge in [-0.2, -0.15) is 0 Å². The fourth-order valence-corrected chi connectivity index (χ4v) is 2.39. The van der Waals surface area contributed by atoms with Crippen LogP contribution in [0.3, 0.4) is 0 Å². The van der Waals surface area contributed by atoms with Crippen molar-refractivity contribution in [2.75, 3.05) is 24.2 Å². The predicted octanol–water partition coefficient (Wildman–Crippen LogP) is 1.31. The number of aryl methyl sites for hydroxylation is 1. The summed E-state index contributed by atoms with van der Waals surface area (Å²) < 4.78 is 0. The number of amides is 3. The van der Waals surface area contributed by atoms with Crippen LogP contribution in [0, 0.1) is 6.92 Å². The lowest BCUT2D eigenvalue weighted by Gasteiger charge is -2.12. The maximum atomic E-state index is 11.8. The summed E-state index contributed by atoms with van der Waals surface area (Å²) in [6.45, 7) is 5.97. The summed E-state index contributed by atoms with van der Waals surface area (Å²) in [5, 5.41) is 7.51. The molecule has 1 atom stereocenters. The van der Waals surface area contributed by atoms with Crippen molar-refractivity contribution in [3.8, 4) is 0 Å². The van der Waals surface area contributed by atoms with E-state index in [-0.39, 0.29) is 30.0 Å². The summed E-state index contributed by atoms with van der Waals surface area (Å²) in [4.78, 5) is 34.9. The van der Waals surface area contributed by atoms with E-state index in [4.69, 9.17) is 0 Å². The number of benzene rings is 1. The molecule has 7 heteroatoms. The van der Waals surface area contributed by atoms with Crippen molar-refractivity contribution in [1.29, 1.82) is 0 Å². The molecular formula is C16H23N3O3S. The maximum Gasteiger partial charge on any atom is 0.239 e. The van der Waals surface area contributed by atoms with Crippen LogP contribution in [0.2, 0.25) is 0 Å². The molecule has 0 spiro atoms. The smallest absolute Gasteiger partial charge is 0.239 e. The molecule has 0 bridgehead atoms. The third-order valence-electron chi connectivity index (χ3n) is 2.97. The fraction of sp³-hybridized carbons (Fsp3) is 0.438. The van der Waals surface area contributed by atoms with E-state index in [0.29, 0.717) is 6.54 Å². The van der Waals surface area contributed by atoms with Crippen LogP contribution < -0.4 is 16.0 Å². The second-order valence-corrected chi connectivity index (χ2v) is 6.37. The van der Waals surface area contributed by atoms with Gasteiger partial charge in [-0.1, -0.05) is 17.7 Å². The SMILES string of the molecule is CCNC(=O)CNC(=O)[C@@H](C)SCC(=O)Nc1ccc(C)cc1. The number of carbonyl (C=O) groups is 3. The van der Waals surface area contributed by atoms with Crippen LogP contribution in [0.1, 0.15) is 19.4 Å². The van der Waals surface area contributed by atoms with Crippen LogP contribution >= 0.6 is 11.8 Å². The van der Waals surface area contributed by atoms with Crippen LogP contribution in [0.25, 0.3) is 0 Å². The standard InChI is InChI=1S/C16H23N3O3S/c1-4-17-14(20)9-18-16(22)12(3)23-10-15(21)19-13-7-5-11(2)6-8-13/h5-8,12H,4,9-10H2,1-3H3,(H,17,20)(H,18,22)(H,19,21)/t12-/m1/s1. The first kappa shape index (κ1) is 19.0. The zero-order valence-corrected chi connectivity index (χ0v) is 14.5.